The fraction of sp³-hybridized carbons (Fsp3) is 0.308. The minimum atomic E-state index is -0.327. The molecule has 0 unspecified atom stereocenters. The lowest BCUT2D eigenvalue weighted by Gasteiger charge is -2.33. The Balaban J connectivity index is 1.23. The van der Waals surface area contributed by atoms with Gasteiger partial charge in [0, 0.05) is 5.41 Å². The Morgan fingerprint density at radius 3 is 1.31 bits per heavy atom. The third kappa shape index (κ3) is 4.86. The lowest BCUT2D eigenvalue weighted by atomic mass is 9.69. The van der Waals surface area contributed by atoms with Gasteiger partial charge in [0.1, 0.15) is 0 Å². The Morgan fingerprint density at radius 1 is 0.365 bits per heavy atom. The van der Waals surface area contributed by atoms with Crippen molar-refractivity contribution in [1.29, 1.82) is 0 Å². The van der Waals surface area contributed by atoms with Crippen molar-refractivity contribution < 1.29 is 0 Å². The van der Waals surface area contributed by atoms with Gasteiger partial charge in [-0.2, -0.15) is 0 Å². The first-order valence-corrected chi connectivity index (χ1v) is 20.2. The summed E-state index contributed by atoms with van der Waals surface area (Å²) in [4.78, 5) is 0. The molecule has 0 fully saturated rings. The molecule has 6 aromatic carbocycles. The number of hydrogen-bond donors (Lipinski definition) is 0. The number of fused-ring (bicyclic) bond motifs is 13. The van der Waals surface area contributed by atoms with E-state index in [1.165, 1.54) is 142 Å². The second-order valence-electron chi connectivity index (χ2n) is 16.2. The van der Waals surface area contributed by atoms with Gasteiger partial charge in [-0.3, -0.25) is 0 Å². The highest BCUT2D eigenvalue weighted by molar-refractivity contribution is 5.96. The first-order valence-electron chi connectivity index (χ1n) is 20.2. The highest BCUT2D eigenvalue weighted by Crippen LogP contribution is 2.63. The van der Waals surface area contributed by atoms with E-state index in [-0.39, 0.29) is 10.8 Å². The van der Waals surface area contributed by atoms with Gasteiger partial charge in [0.05, 0.1) is 5.41 Å². The van der Waals surface area contributed by atoms with E-state index in [0.717, 1.165) is 0 Å². The van der Waals surface area contributed by atoms with Crippen LogP contribution < -0.4 is 0 Å². The minimum Gasteiger partial charge on any atom is -0.0654 e. The number of unbranched alkanes of at least 4 members (excludes halogenated alkanes) is 6. The molecule has 260 valence electrons. The highest BCUT2D eigenvalue weighted by atomic mass is 14.5. The minimum absolute atomic E-state index is 0.0726. The molecule has 0 aromatic heterocycles. The van der Waals surface area contributed by atoms with Crippen LogP contribution in [0.1, 0.15) is 123 Å². The lowest BCUT2D eigenvalue weighted by molar-refractivity contribution is 0.401. The predicted molar refractivity (Wildman–Crippen MR) is 221 cm³/mol. The average Bonchev–Trinajstić information content (AvgIpc) is 3.74. The molecular weight excluding hydrogens is 625 g/mol. The molecule has 0 heterocycles. The van der Waals surface area contributed by atoms with E-state index in [2.05, 4.69) is 149 Å². The normalized spacial score (nSPS) is 14.8. The molecule has 6 aromatic rings. The van der Waals surface area contributed by atoms with Crippen molar-refractivity contribution in [2.75, 3.05) is 0 Å². The second kappa shape index (κ2) is 13.1. The molecule has 3 aliphatic carbocycles. The Hall–Kier alpha value is -4.68. The van der Waals surface area contributed by atoms with Gasteiger partial charge in [-0.1, -0.05) is 186 Å². The van der Waals surface area contributed by atoms with Crippen LogP contribution >= 0.6 is 0 Å². The molecule has 0 nitrogen and oxygen atoms in total. The highest BCUT2D eigenvalue weighted by Gasteiger charge is 2.51. The number of rotatable bonds is 11. The van der Waals surface area contributed by atoms with Gasteiger partial charge < -0.3 is 0 Å². The van der Waals surface area contributed by atoms with Crippen LogP contribution in [0.15, 0.2) is 121 Å². The molecule has 0 aliphatic heterocycles. The molecule has 1 spiro atoms. The molecule has 0 bridgehead atoms. The summed E-state index contributed by atoms with van der Waals surface area (Å²) < 4.78 is 0. The van der Waals surface area contributed by atoms with E-state index in [9.17, 15) is 0 Å². The van der Waals surface area contributed by atoms with Crippen molar-refractivity contribution in [3.8, 4) is 44.5 Å². The molecule has 0 atom stereocenters. The van der Waals surface area contributed by atoms with Crippen LogP contribution in [0.25, 0.3) is 44.5 Å². The smallest absolute Gasteiger partial charge is 0.0654 e. The lowest BCUT2D eigenvalue weighted by Crippen LogP contribution is -2.26. The molecule has 0 N–H and O–H groups in total. The van der Waals surface area contributed by atoms with Crippen molar-refractivity contribution in [2.24, 2.45) is 0 Å². The van der Waals surface area contributed by atoms with Crippen LogP contribution in [0.4, 0.5) is 0 Å². The standard InChI is InChI=1S/C52H52/c1-5-7-9-15-29-51(30-16-10-8-6-2)47-31-35(3)21-25-41(47)42-27-23-37(33-48(42)51)38-24-28-44-43-26-22-36(4)32-49(43)52(50(44)34-38)45-19-13-11-17-39(45)40-18-12-14-20-46(40)52/h11-14,17-28,31-34H,5-10,15-16,29-30H2,1-4H3. The summed E-state index contributed by atoms with van der Waals surface area (Å²) in [7, 11) is 0. The summed E-state index contributed by atoms with van der Waals surface area (Å²) in [5.74, 6) is 0. The Kier molecular flexibility index (Phi) is 8.34. The molecule has 0 saturated carbocycles. The zero-order valence-corrected chi connectivity index (χ0v) is 31.6. The topological polar surface area (TPSA) is 0 Å². The van der Waals surface area contributed by atoms with Crippen LogP contribution in [0.5, 0.6) is 0 Å². The summed E-state index contributed by atoms with van der Waals surface area (Å²) in [6.07, 6.45) is 12.9. The zero-order chi connectivity index (χ0) is 35.5. The number of hydrogen-bond acceptors (Lipinski definition) is 0. The monoisotopic (exact) mass is 676 g/mol. The van der Waals surface area contributed by atoms with Crippen molar-refractivity contribution >= 4 is 0 Å². The van der Waals surface area contributed by atoms with E-state index in [1.54, 1.807) is 11.1 Å². The quantitative estimate of drug-likeness (QED) is 0.120. The van der Waals surface area contributed by atoms with Gasteiger partial charge in [0.25, 0.3) is 0 Å². The SMILES string of the molecule is CCCCCCC1(CCCCCC)c2cc(C)ccc2-c2ccc(-c3ccc4c(c3)C3(c5ccccc5-c5ccccc53)c3cc(C)ccc3-4)cc21. The van der Waals surface area contributed by atoms with Crippen molar-refractivity contribution in [3.63, 3.8) is 0 Å². The Labute approximate surface area is 312 Å². The van der Waals surface area contributed by atoms with E-state index in [1.807, 2.05) is 0 Å². The van der Waals surface area contributed by atoms with Crippen LogP contribution in [-0.2, 0) is 10.8 Å². The van der Waals surface area contributed by atoms with Gasteiger partial charge in [-0.15, -0.1) is 0 Å². The third-order valence-corrected chi connectivity index (χ3v) is 13.0. The van der Waals surface area contributed by atoms with E-state index >= 15 is 0 Å². The molecule has 0 radical (unpaired) electrons. The maximum atomic E-state index is 2.63. The van der Waals surface area contributed by atoms with Gasteiger partial charge in [0.15, 0.2) is 0 Å². The number of aryl methyl sites for hydroxylation is 2. The fourth-order valence-corrected chi connectivity index (χ4v) is 10.6. The molecule has 3 aliphatic rings. The zero-order valence-electron chi connectivity index (χ0n) is 31.6. The summed E-state index contributed by atoms with van der Waals surface area (Å²) in [6, 6.07) is 47.7. The van der Waals surface area contributed by atoms with Crippen molar-refractivity contribution in [1.82, 2.24) is 0 Å². The van der Waals surface area contributed by atoms with Crippen LogP contribution in [0, 0.1) is 13.8 Å². The van der Waals surface area contributed by atoms with Crippen molar-refractivity contribution in [2.45, 2.75) is 103 Å². The van der Waals surface area contributed by atoms with Gasteiger partial charge >= 0.3 is 0 Å². The molecule has 0 saturated heterocycles. The first-order chi connectivity index (χ1) is 25.5. The summed E-state index contributed by atoms with van der Waals surface area (Å²) >= 11 is 0. The molecule has 52 heavy (non-hydrogen) atoms. The fourth-order valence-electron chi connectivity index (χ4n) is 10.6. The average molecular weight is 677 g/mol. The van der Waals surface area contributed by atoms with E-state index < -0.39 is 0 Å². The predicted octanol–water partition coefficient (Wildman–Crippen LogP) is 14.5. The van der Waals surface area contributed by atoms with Gasteiger partial charge in [-0.25, -0.2) is 0 Å². The second-order valence-corrected chi connectivity index (χ2v) is 16.2. The molecular formula is C52H52. The van der Waals surface area contributed by atoms with Crippen LogP contribution in [0.3, 0.4) is 0 Å². The summed E-state index contributed by atoms with van der Waals surface area (Å²) in [5, 5.41) is 0. The molecule has 0 heteroatoms. The van der Waals surface area contributed by atoms with Crippen molar-refractivity contribution in [3.05, 3.63) is 166 Å². The summed E-state index contributed by atoms with van der Waals surface area (Å²) in [5.41, 5.74) is 22.4. The Bertz CT molecular complexity index is 2260. The Morgan fingerprint density at radius 2 is 0.769 bits per heavy atom. The first kappa shape index (κ1) is 33.2. The maximum Gasteiger partial charge on any atom is 0.0725 e. The van der Waals surface area contributed by atoms with E-state index in [4.69, 9.17) is 0 Å². The number of benzene rings is 6. The third-order valence-electron chi connectivity index (χ3n) is 13.0. The summed E-state index contributed by atoms with van der Waals surface area (Å²) in [6.45, 7) is 9.20. The molecule has 0 amide bonds. The van der Waals surface area contributed by atoms with Gasteiger partial charge in [0.2, 0.25) is 0 Å². The van der Waals surface area contributed by atoms with Crippen LogP contribution in [0.2, 0.25) is 0 Å². The molecule has 9 rings (SSSR count). The largest absolute Gasteiger partial charge is 0.0725 e. The van der Waals surface area contributed by atoms with Crippen LogP contribution in [-0.4, -0.2) is 0 Å². The van der Waals surface area contributed by atoms with E-state index in [0.29, 0.717) is 0 Å². The maximum absolute atomic E-state index is 2.63. The van der Waals surface area contributed by atoms with Gasteiger partial charge in [-0.05, 0) is 117 Å².